The van der Waals surface area contributed by atoms with Crippen LogP contribution in [0.1, 0.15) is 213 Å². The zero-order chi connectivity index (χ0) is 45.0. The molecule has 8 nitrogen and oxygen atoms in total. The number of nitrogens with zero attached hydrogens (tertiary/aromatic N) is 1. The van der Waals surface area contributed by atoms with Gasteiger partial charge in [-0.05, 0) is 57.8 Å². The van der Waals surface area contributed by atoms with E-state index in [1.807, 2.05) is 27.2 Å². The summed E-state index contributed by atoms with van der Waals surface area (Å²) in [4.78, 5) is 25.4. The van der Waals surface area contributed by atoms with E-state index >= 15 is 0 Å². The summed E-state index contributed by atoms with van der Waals surface area (Å²) in [5, 5.41) is 13.8. The molecule has 0 aliphatic rings. The predicted octanol–water partition coefficient (Wildman–Crippen LogP) is 14.0. The van der Waals surface area contributed by atoms with E-state index in [0.717, 1.165) is 77.0 Å². The normalized spacial score (nSPS) is 14.7. The van der Waals surface area contributed by atoms with Crippen LogP contribution in [0.5, 0.6) is 0 Å². The van der Waals surface area contributed by atoms with Crippen molar-refractivity contribution in [3.8, 4) is 0 Å². The van der Waals surface area contributed by atoms with Gasteiger partial charge in [0, 0.05) is 6.42 Å². The molecule has 0 aliphatic heterocycles. The minimum Gasteiger partial charge on any atom is -0.756 e. The van der Waals surface area contributed by atoms with Gasteiger partial charge in [0.1, 0.15) is 13.2 Å². The summed E-state index contributed by atoms with van der Waals surface area (Å²) < 4.78 is 23.3. The molecule has 0 heterocycles. The fourth-order valence-corrected chi connectivity index (χ4v) is 7.75. The predicted molar refractivity (Wildman–Crippen MR) is 261 cm³/mol. The van der Waals surface area contributed by atoms with Gasteiger partial charge in [-0.1, -0.05) is 209 Å². The maximum absolute atomic E-state index is 12.9. The highest BCUT2D eigenvalue weighted by molar-refractivity contribution is 7.45. The number of phosphoric ester groups is 1. The van der Waals surface area contributed by atoms with E-state index in [-0.39, 0.29) is 19.1 Å². The first-order valence-electron chi connectivity index (χ1n) is 25.2. The van der Waals surface area contributed by atoms with Crippen LogP contribution in [0.3, 0.4) is 0 Å². The highest BCUT2D eigenvalue weighted by atomic mass is 31.2. The summed E-state index contributed by atoms with van der Waals surface area (Å²) >= 11 is 0. The standard InChI is InChI=1S/C52H97N2O6P/c1-6-8-10-12-14-16-18-20-22-24-26-28-29-31-33-35-37-39-41-43-45-51(55)50(49-60-61(57,58)59-48-47-54(3,4)5)53-52(56)46-44-42-40-38-36-34-32-30-27-25-23-21-19-17-15-13-11-9-7-2/h9,11,15,17,21,23,27,30,43,45,50-51,55H,6-8,10,12-14,16,18-20,22,24-26,28-29,31-42,44,46-49H2,1-5H3,(H-,53,56,57,58)/b11-9-,17-15-,23-21-,30-27-,45-43+. The average Bonchev–Trinajstić information content (AvgIpc) is 3.21. The summed E-state index contributed by atoms with van der Waals surface area (Å²) in [5.41, 5.74) is 0. The third-order valence-corrected chi connectivity index (χ3v) is 11.9. The van der Waals surface area contributed by atoms with Crippen LogP contribution in [0.15, 0.2) is 60.8 Å². The molecular formula is C52H97N2O6P. The number of quaternary nitrogens is 1. The van der Waals surface area contributed by atoms with E-state index in [9.17, 15) is 19.4 Å². The summed E-state index contributed by atoms with van der Waals surface area (Å²) in [7, 11) is 1.24. The Kier molecular flexibility index (Phi) is 42.2. The van der Waals surface area contributed by atoms with Crippen molar-refractivity contribution in [2.45, 2.75) is 225 Å². The molecule has 9 heteroatoms. The molecule has 0 aliphatic carbocycles. The summed E-state index contributed by atoms with van der Waals surface area (Å²) in [5.74, 6) is -0.212. The van der Waals surface area contributed by atoms with Crippen molar-refractivity contribution in [3.63, 3.8) is 0 Å². The van der Waals surface area contributed by atoms with Gasteiger partial charge in [0.25, 0.3) is 7.82 Å². The van der Waals surface area contributed by atoms with E-state index in [4.69, 9.17) is 9.05 Å². The van der Waals surface area contributed by atoms with Crippen molar-refractivity contribution < 1.29 is 32.9 Å². The lowest BCUT2D eigenvalue weighted by Crippen LogP contribution is -2.45. The zero-order valence-corrected chi connectivity index (χ0v) is 41.2. The number of nitrogens with one attached hydrogen (secondary N) is 1. The first-order chi connectivity index (χ1) is 29.5. The molecule has 0 aromatic rings. The van der Waals surface area contributed by atoms with Crippen molar-refractivity contribution in [1.82, 2.24) is 5.32 Å². The Labute approximate surface area is 377 Å². The zero-order valence-electron chi connectivity index (χ0n) is 40.4. The SMILES string of the molecule is CC/C=C\C/C=C\C/C=C\C/C=C\CCCCCCCCC(=O)NC(COP(=O)([O-])OCC[N+](C)(C)C)C(O)/C=C/CCCCCCCCCCCCCCCCCCCC. The molecule has 2 N–H and O–H groups in total. The van der Waals surface area contributed by atoms with Gasteiger partial charge in [-0.2, -0.15) is 0 Å². The highest BCUT2D eigenvalue weighted by Gasteiger charge is 2.23. The van der Waals surface area contributed by atoms with Gasteiger partial charge in [0.15, 0.2) is 0 Å². The fraction of sp³-hybridized carbons (Fsp3) is 0.788. The third kappa shape index (κ3) is 46.0. The second-order valence-corrected chi connectivity index (χ2v) is 19.6. The lowest BCUT2D eigenvalue weighted by Gasteiger charge is -2.29. The Balaban J connectivity index is 4.37. The first kappa shape index (κ1) is 59.2. The van der Waals surface area contributed by atoms with Crippen LogP contribution < -0.4 is 10.2 Å². The molecule has 0 bridgehead atoms. The van der Waals surface area contributed by atoms with Crippen LogP contribution in [-0.2, 0) is 18.4 Å². The van der Waals surface area contributed by atoms with Gasteiger partial charge < -0.3 is 28.8 Å². The molecule has 0 aromatic carbocycles. The highest BCUT2D eigenvalue weighted by Crippen LogP contribution is 2.38. The van der Waals surface area contributed by atoms with Crippen molar-refractivity contribution >= 4 is 13.7 Å². The number of unbranched alkanes of at least 4 members (excludes halogenated alkanes) is 24. The fourth-order valence-electron chi connectivity index (χ4n) is 7.03. The number of likely N-dealkylation sites (N-methyl/N-ethyl adjacent to an activating group) is 1. The minimum absolute atomic E-state index is 0.00635. The molecule has 3 atom stereocenters. The number of carbonyl (C=O) groups excluding carboxylic acids is 1. The largest absolute Gasteiger partial charge is 0.756 e. The van der Waals surface area contributed by atoms with Gasteiger partial charge in [0.05, 0.1) is 39.9 Å². The lowest BCUT2D eigenvalue weighted by molar-refractivity contribution is -0.870. The van der Waals surface area contributed by atoms with Crippen LogP contribution in [0.4, 0.5) is 0 Å². The monoisotopic (exact) mass is 877 g/mol. The maximum Gasteiger partial charge on any atom is 0.268 e. The number of phosphoric acid groups is 1. The molecule has 0 spiro atoms. The summed E-state index contributed by atoms with van der Waals surface area (Å²) in [6, 6.07) is -0.897. The van der Waals surface area contributed by atoms with Gasteiger partial charge in [-0.3, -0.25) is 9.36 Å². The van der Waals surface area contributed by atoms with Crippen molar-refractivity contribution in [3.05, 3.63) is 60.8 Å². The molecular weight excluding hydrogens is 780 g/mol. The Hall–Kier alpha value is -1.80. The van der Waals surface area contributed by atoms with Crippen molar-refractivity contribution in [2.75, 3.05) is 40.9 Å². The van der Waals surface area contributed by atoms with Crippen LogP contribution in [0, 0.1) is 0 Å². The Morgan fingerprint density at radius 1 is 0.590 bits per heavy atom. The van der Waals surface area contributed by atoms with Crippen LogP contribution in [-0.4, -0.2) is 68.5 Å². The molecule has 0 fully saturated rings. The van der Waals surface area contributed by atoms with Crippen molar-refractivity contribution in [2.24, 2.45) is 0 Å². The second kappa shape index (κ2) is 43.5. The van der Waals surface area contributed by atoms with E-state index in [1.165, 1.54) is 116 Å². The number of aliphatic hydroxyl groups excluding tert-OH is 1. The molecule has 356 valence electrons. The summed E-state index contributed by atoms with van der Waals surface area (Å²) in [6.45, 7) is 4.53. The number of aliphatic hydroxyl groups is 1. The van der Waals surface area contributed by atoms with Gasteiger partial charge >= 0.3 is 0 Å². The van der Waals surface area contributed by atoms with E-state index in [2.05, 4.69) is 67.8 Å². The number of rotatable bonds is 45. The molecule has 1 amide bonds. The molecule has 0 aromatic heterocycles. The molecule has 61 heavy (non-hydrogen) atoms. The van der Waals surface area contributed by atoms with E-state index in [0.29, 0.717) is 17.4 Å². The third-order valence-electron chi connectivity index (χ3n) is 11.0. The molecule has 0 saturated heterocycles. The van der Waals surface area contributed by atoms with E-state index < -0.39 is 20.0 Å². The summed E-state index contributed by atoms with van der Waals surface area (Å²) in [6.07, 6.45) is 57.0. The lowest BCUT2D eigenvalue weighted by atomic mass is 10.0. The topological polar surface area (TPSA) is 108 Å². The number of hydrogen-bond donors (Lipinski definition) is 2. The molecule has 3 unspecified atom stereocenters. The van der Waals surface area contributed by atoms with E-state index in [1.54, 1.807) is 6.08 Å². The Bertz CT molecular complexity index is 1180. The van der Waals surface area contributed by atoms with Crippen molar-refractivity contribution in [1.29, 1.82) is 0 Å². The van der Waals surface area contributed by atoms with Gasteiger partial charge in [-0.15, -0.1) is 0 Å². The molecule has 0 radical (unpaired) electrons. The molecule has 0 rings (SSSR count). The minimum atomic E-state index is -4.60. The maximum atomic E-state index is 12.9. The number of allylic oxidation sites excluding steroid dienone is 9. The van der Waals surface area contributed by atoms with Crippen LogP contribution in [0.2, 0.25) is 0 Å². The van der Waals surface area contributed by atoms with Crippen LogP contribution in [0.25, 0.3) is 0 Å². The number of carbonyl (C=O) groups is 1. The number of amides is 1. The quantitative estimate of drug-likeness (QED) is 0.0273. The first-order valence-corrected chi connectivity index (χ1v) is 26.6. The second-order valence-electron chi connectivity index (χ2n) is 18.1. The van der Waals surface area contributed by atoms with Gasteiger partial charge in [0.2, 0.25) is 5.91 Å². The average molecular weight is 877 g/mol. The number of hydrogen-bond acceptors (Lipinski definition) is 6. The van der Waals surface area contributed by atoms with Gasteiger partial charge in [-0.25, -0.2) is 0 Å². The van der Waals surface area contributed by atoms with Crippen LogP contribution >= 0.6 is 7.82 Å². The smallest absolute Gasteiger partial charge is 0.268 e. The molecule has 0 saturated carbocycles. The Morgan fingerprint density at radius 3 is 1.46 bits per heavy atom. The Morgan fingerprint density at radius 2 is 1.00 bits per heavy atom.